The number of pyridine rings is 2. The topological polar surface area (TPSA) is 129 Å². The van der Waals surface area contributed by atoms with Gasteiger partial charge in [0.15, 0.2) is 10.8 Å². The summed E-state index contributed by atoms with van der Waals surface area (Å²) in [7, 11) is -4.34. The Labute approximate surface area is 252 Å². The van der Waals surface area contributed by atoms with Crippen molar-refractivity contribution in [2.45, 2.75) is 69.1 Å². The fraction of sp³-hybridized carbons (Fsp3) is 0.517. The normalized spacial score (nSPS) is 22.2. The molecule has 5 heterocycles. The van der Waals surface area contributed by atoms with Crippen LogP contribution in [0.25, 0.3) is 5.82 Å². The van der Waals surface area contributed by atoms with Gasteiger partial charge in [0.05, 0.1) is 24.2 Å². The molecule has 6 rings (SSSR count). The Morgan fingerprint density at radius 3 is 2.68 bits per heavy atom. The molecule has 0 spiro atoms. The Balaban J connectivity index is 1.30. The molecular formula is C29H33F3N6O5S. The number of amides is 1. The predicted molar refractivity (Wildman–Crippen MR) is 152 cm³/mol. The van der Waals surface area contributed by atoms with Crippen molar-refractivity contribution in [1.29, 1.82) is 0 Å². The van der Waals surface area contributed by atoms with Gasteiger partial charge in [0.2, 0.25) is 11.8 Å². The Morgan fingerprint density at radius 1 is 1.14 bits per heavy atom. The first-order valence-electron chi connectivity index (χ1n) is 14.5. The number of fused-ring (bicyclic) bond motifs is 6. The molecule has 1 saturated carbocycles. The zero-order chi connectivity index (χ0) is 31.3. The molecule has 3 aromatic heterocycles. The van der Waals surface area contributed by atoms with E-state index in [9.17, 15) is 26.4 Å². The van der Waals surface area contributed by atoms with Crippen LogP contribution in [0.4, 0.5) is 19.0 Å². The molecule has 1 amide bonds. The van der Waals surface area contributed by atoms with Gasteiger partial charge in [-0.25, -0.2) is 14.4 Å². The minimum atomic E-state index is -4.34. The Bertz CT molecular complexity index is 1670. The van der Waals surface area contributed by atoms with Gasteiger partial charge >= 0.3 is 6.18 Å². The van der Waals surface area contributed by atoms with E-state index in [2.05, 4.69) is 14.8 Å². The number of sulfonamides is 1. The second-order valence-electron chi connectivity index (χ2n) is 12.2. The van der Waals surface area contributed by atoms with Gasteiger partial charge in [-0.1, -0.05) is 6.07 Å². The number of nitrogens with one attached hydrogen (secondary N) is 1. The van der Waals surface area contributed by atoms with E-state index in [1.165, 1.54) is 35.0 Å². The van der Waals surface area contributed by atoms with Gasteiger partial charge in [-0.15, -0.1) is 5.10 Å². The van der Waals surface area contributed by atoms with Gasteiger partial charge in [-0.2, -0.15) is 26.6 Å². The first kappa shape index (κ1) is 30.2. The molecule has 1 N–H and O–H groups in total. The van der Waals surface area contributed by atoms with Gasteiger partial charge in [0, 0.05) is 30.4 Å². The maximum atomic E-state index is 13.5. The minimum Gasteiger partial charge on any atom is -0.478 e. The van der Waals surface area contributed by atoms with Gasteiger partial charge in [0.1, 0.15) is 5.82 Å². The van der Waals surface area contributed by atoms with Gasteiger partial charge < -0.3 is 14.4 Å². The number of nitrogens with zero attached hydrogens (tertiary/aromatic N) is 5. The summed E-state index contributed by atoms with van der Waals surface area (Å²) in [5.74, 6) is 0.301. The molecule has 15 heteroatoms. The molecule has 1 unspecified atom stereocenters. The summed E-state index contributed by atoms with van der Waals surface area (Å²) in [6.07, 6.45) is -0.246. The van der Waals surface area contributed by atoms with Crippen LogP contribution < -0.4 is 19.1 Å². The van der Waals surface area contributed by atoms with Gasteiger partial charge in [0.25, 0.3) is 15.9 Å². The van der Waals surface area contributed by atoms with Crippen molar-refractivity contribution in [2.75, 3.05) is 24.7 Å². The summed E-state index contributed by atoms with van der Waals surface area (Å²) < 4.78 is 80.8. The van der Waals surface area contributed by atoms with Crippen molar-refractivity contribution in [3.63, 3.8) is 0 Å². The van der Waals surface area contributed by atoms with Crippen LogP contribution in [0, 0.1) is 11.3 Å². The van der Waals surface area contributed by atoms with Crippen LogP contribution in [0.5, 0.6) is 11.8 Å². The van der Waals surface area contributed by atoms with Crippen LogP contribution >= 0.6 is 0 Å². The van der Waals surface area contributed by atoms with Crippen molar-refractivity contribution in [1.82, 2.24) is 24.5 Å². The average molecular weight is 635 g/mol. The fourth-order valence-electron chi connectivity index (χ4n) is 5.99. The molecule has 236 valence electrons. The Kier molecular flexibility index (Phi) is 7.49. The van der Waals surface area contributed by atoms with E-state index < -0.39 is 33.1 Å². The van der Waals surface area contributed by atoms with E-state index in [1.807, 2.05) is 18.7 Å². The highest BCUT2D eigenvalue weighted by Crippen LogP contribution is 2.59. The molecule has 2 fully saturated rings. The van der Waals surface area contributed by atoms with Gasteiger partial charge in [-0.05, 0) is 76.5 Å². The molecule has 1 aliphatic carbocycles. The quantitative estimate of drug-likeness (QED) is 0.426. The molecule has 0 aromatic carbocycles. The molecule has 3 aliphatic rings. The number of ether oxygens (including phenoxy) is 2. The maximum Gasteiger partial charge on any atom is 0.394 e. The first-order chi connectivity index (χ1) is 20.8. The standard InChI is InChI=1S/C29H33F3N6O5S/c1-27(2)17-19-5-4-15-42-22-6-3-7-24(34-22)44(40,41)36-26(39)20-8-9-21(33-25(20)37(27)18-19)38-14-10-23(35-38)43-16-13-28(11-12-28)29(30,31)32/h3,6-10,14,19H,4-5,11-13,15-18H2,1-2H3,(H,36,39). The summed E-state index contributed by atoms with van der Waals surface area (Å²) in [6.45, 7) is 4.90. The number of aromatic nitrogens is 4. The molecule has 3 aromatic rings. The number of halogens is 3. The second-order valence-corrected chi connectivity index (χ2v) is 13.9. The summed E-state index contributed by atoms with van der Waals surface area (Å²) in [5.41, 5.74) is -2.03. The third-order valence-electron chi connectivity index (χ3n) is 8.61. The van der Waals surface area contributed by atoms with Crippen LogP contribution in [0.3, 0.4) is 0 Å². The van der Waals surface area contributed by atoms with Crippen molar-refractivity contribution < 1.29 is 35.9 Å². The number of rotatable bonds is 5. The molecule has 0 radical (unpaired) electrons. The van der Waals surface area contributed by atoms with E-state index >= 15 is 0 Å². The molecule has 4 bridgehead atoms. The van der Waals surface area contributed by atoms with Gasteiger partial charge in [-0.3, -0.25) is 4.79 Å². The third-order valence-corrected chi connectivity index (χ3v) is 9.84. The third kappa shape index (κ3) is 5.93. The Hall–Kier alpha value is -3.88. The van der Waals surface area contributed by atoms with Crippen LogP contribution in [-0.4, -0.2) is 65.5 Å². The molecule has 2 aliphatic heterocycles. The van der Waals surface area contributed by atoms with Crippen molar-refractivity contribution in [2.24, 2.45) is 11.3 Å². The van der Waals surface area contributed by atoms with E-state index in [1.54, 1.807) is 12.3 Å². The zero-order valence-corrected chi connectivity index (χ0v) is 25.1. The lowest BCUT2D eigenvalue weighted by atomic mass is 9.93. The number of hydrogen-bond donors (Lipinski definition) is 1. The highest BCUT2D eigenvalue weighted by molar-refractivity contribution is 7.90. The molecule has 1 saturated heterocycles. The van der Waals surface area contributed by atoms with Crippen molar-refractivity contribution in [3.05, 3.63) is 48.2 Å². The van der Waals surface area contributed by atoms with E-state index in [0.717, 1.165) is 19.3 Å². The van der Waals surface area contributed by atoms with E-state index in [0.29, 0.717) is 19.0 Å². The molecular weight excluding hydrogens is 601 g/mol. The number of carbonyl (C=O) groups is 1. The number of anilines is 1. The van der Waals surface area contributed by atoms with Crippen molar-refractivity contribution in [3.8, 4) is 17.6 Å². The summed E-state index contributed by atoms with van der Waals surface area (Å²) >= 11 is 0. The SMILES string of the molecule is CC1(C)CC2CCCOc3cccc(n3)S(=O)(=O)NC(=O)c3ccc(-n4ccc(OCCC5(C(F)(F)F)CC5)n4)nc3N1C2. The first-order valence-corrected chi connectivity index (χ1v) is 16.0. The van der Waals surface area contributed by atoms with E-state index in [4.69, 9.17) is 14.5 Å². The second kappa shape index (κ2) is 10.9. The zero-order valence-electron chi connectivity index (χ0n) is 24.3. The predicted octanol–water partition coefficient (Wildman–Crippen LogP) is 4.67. The summed E-state index contributed by atoms with van der Waals surface area (Å²) in [4.78, 5) is 24.4. The average Bonchev–Trinajstić information content (AvgIpc) is 3.51. The number of hydrogen-bond acceptors (Lipinski definition) is 9. The summed E-state index contributed by atoms with van der Waals surface area (Å²) in [5, 5.41) is 3.99. The van der Waals surface area contributed by atoms with Crippen LogP contribution in [-0.2, 0) is 10.0 Å². The Morgan fingerprint density at radius 2 is 1.93 bits per heavy atom. The lowest BCUT2D eigenvalue weighted by molar-refractivity contribution is -0.190. The highest BCUT2D eigenvalue weighted by atomic mass is 32.2. The van der Waals surface area contributed by atoms with Crippen LogP contribution in [0.1, 0.15) is 62.7 Å². The summed E-state index contributed by atoms with van der Waals surface area (Å²) in [6, 6.07) is 8.88. The van der Waals surface area contributed by atoms with Crippen molar-refractivity contribution >= 4 is 21.7 Å². The smallest absolute Gasteiger partial charge is 0.394 e. The maximum absolute atomic E-state index is 13.5. The van der Waals surface area contributed by atoms with Crippen LogP contribution in [0.2, 0.25) is 0 Å². The lowest BCUT2D eigenvalue weighted by Crippen LogP contribution is -2.41. The monoisotopic (exact) mass is 634 g/mol. The molecule has 11 nitrogen and oxygen atoms in total. The number of carbonyl (C=O) groups excluding carboxylic acids is 1. The largest absolute Gasteiger partial charge is 0.478 e. The minimum absolute atomic E-state index is 0.0545. The number of alkyl halides is 3. The lowest BCUT2D eigenvalue weighted by Gasteiger charge is -2.34. The highest BCUT2D eigenvalue weighted by Gasteiger charge is 2.62. The fourth-order valence-corrected chi connectivity index (χ4v) is 6.92. The molecule has 44 heavy (non-hydrogen) atoms. The molecule has 1 atom stereocenters. The van der Waals surface area contributed by atoms with E-state index in [-0.39, 0.29) is 60.0 Å². The van der Waals surface area contributed by atoms with Crippen LogP contribution in [0.15, 0.2) is 47.6 Å².